The monoisotopic (exact) mass is 582 g/mol. The third-order valence-corrected chi connectivity index (χ3v) is 7.68. The van der Waals surface area contributed by atoms with Crippen LogP contribution in [-0.4, -0.2) is 68.8 Å². The number of esters is 1. The number of para-hydroxylation sites is 2. The van der Waals surface area contributed by atoms with E-state index in [0.717, 1.165) is 16.6 Å². The van der Waals surface area contributed by atoms with Crippen LogP contribution >= 0.6 is 0 Å². The number of amides is 1. The summed E-state index contributed by atoms with van der Waals surface area (Å²) in [5, 5.41) is 11.4. The minimum Gasteiger partial charge on any atom is -0.471 e. The second kappa shape index (κ2) is 11.5. The highest BCUT2D eigenvalue weighted by atomic mass is 16.5. The molecule has 3 atom stereocenters. The van der Waals surface area contributed by atoms with Gasteiger partial charge >= 0.3 is 12.0 Å². The summed E-state index contributed by atoms with van der Waals surface area (Å²) in [7, 11) is 1.32. The van der Waals surface area contributed by atoms with E-state index in [1.54, 1.807) is 0 Å². The van der Waals surface area contributed by atoms with E-state index in [2.05, 4.69) is 21.6 Å². The number of nitrogens with zero attached hydrogens (tertiary/aromatic N) is 5. The predicted molar refractivity (Wildman–Crippen MR) is 160 cm³/mol. The lowest BCUT2D eigenvalue weighted by atomic mass is 9.85. The van der Waals surface area contributed by atoms with Gasteiger partial charge in [-0.2, -0.15) is 0 Å². The van der Waals surface area contributed by atoms with Crippen molar-refractivity contribution < 1.29 is 23.5 Å². The van der Waals surface area contributed by atoms with E-state index in [1.807, 2.05) is 75.4 Å². The summed E-state index contributed by atoms with van der Waals surface area (Å²) in [5.41, 5.74) is 3.26. The van der Waals surface area contributed by atoms with Gasteiger partial charge in [0.15, 0.2) is 0 Å². The normalized spacial score (nSPS) is 21.5. The number of aryl methyl sites for hydroxylation is 1. The van der Waals surface area contributed by atoms with Crippen LogP contribution in [-0.2, 0) is 20.7 Å². The maximum absolute atomic E-state index is 14.1. The number of hydrogen-bond donors (Lipinski definition) is 1. The molecule has 0 aliphatic carbocycles. The lowest BCUT2D eigenvalue weighted by Gasteiger charge is -2.34. The second-order valence-electron chi connectivity index (χ2n) is 11.9. The maximum Gasteiger partial charge on any atom is 0.328 e. The fourth-order valence-electron chi connectivity index (χ4n) is 5.46. The zero-order valence-corrected chi connectivity index (χ0v) is 24.6. The number of carbonyl (C=O) groups excluding carboxylic acids is 2. The molecule has 2 aliphatic heterocycles. The topological polar surface area (TPSA) is 133 Å². The number of benzene rings is 2. The van der Waals surface area contributed by atoms with Gasteiger partial charge < -0.3 is 24.1 Å². The van der Waals surface area contributed by atoms with Gasteiger partial charge in [-0.05, 0) is 35.6 Å². The van der Waals surface area contributed by atoms with E-state index in [4.69, 9.17) is 23.9 Å². The Bertz CT molecular complexity index is 1690. The third kappa shape index (κ3) is 5.93. The Kier molecular flexibility index (Phi) is 7.55. The molecule has 2 aliphatic rings. The average molecular weight is 583 g/mol. The number of allylic oxidation sites excluding steroid dienone is 1. The van der Waals surface area contributed by atoms with E-state index >= 15 is 0 Å². The first-order chi connectivity index (χ1) is 20.7. The predicted octanol–water partition coefficient (Wildman–Crippen LogP) is 4.69. The molecule has 1 saturated heterocycles. The molecular formula is C32H34N6O5. The zero-order chi connectivity index (χ0) is 30.1. The number of anilines is 1. The number of rotatable bonds is 1. The molecule has 2 aromatic heterocycles. The molecular weight excluding hydrogens is 548 g/mol. The van der Waals surface area contributed by atoms with Crippen molar-refractivity contribution in [2.24, 2.45) is 5.41 Å². The van der Waals surface area contributed by atoms with Crippen molar-refractivity contribution in [2.75, 3.05) is 19.0 Å². The van der Waals surface area contributed by atoms with Crippen LogP contribution in [0.4, 0.5) is 6.01 Å². The molecule has 1 fully saturated rings. The summed E-state index contributed by atoms with van der Waals surface area (Å²) in [6, 6.07) is 14.1. The number of nitrogens with one attached hydrogen (secondary N) is 1. The zero-order valence-electron chi connectivity index (χ0n) is 24.6. The molecule has 0 saturated carbocycles. The lowest BCUT2D eigenvalue weighted by Crippen LogP contribution is -2.53. The number of carbonyl (C=O) groups is 2. The Balaban J connectivity index is 1.45. The quantitative estimate of drug-likeness (QED) is 0.315. The van der Waals surface area contributed by atoms with Crippen LogP contribution in [0, 0.1) is 5.41 Å². The number of hydrogen-bond acceptors (Lipinski definition) is 10. The standard InChI is InChI=1S/C32H34N6O5/c1-32(2,3)27-29(39)38-18-21(17-24(38)30(40)41-4)42-28-26(33-22-13-6-7-14-23(22)34-28)20-12-9-11-19(16-20)10-5-8-15-25-36-37-31(35-27)43-25/h5-7,9-14,16,21,24,27H,8,15,17-18H2,1-4H3,(H,35,37)/b10-5+/t21?,24-,27+/m0/s1. The molecule has 11 nitrogen and oxygen atoms in total. The first-order valence-corrected chi connectivity index (χ1v) is 14.4. The van der Waals surface area contributed by atoms with Gasteiger partial charge in [0.05, 0.1) is 24.7 Å². The molecule has 43 heavy (non-hydrogen) atoms. The van der Waals surface area contributed by atoms with Crippen molar-refractivity contribution in [2.45, 2.75) is 58.2 Å². The number of methoxy groups -OCH3 is 1. The number of fused-ring (bicyclic) bond motifs is 9. The molecule has 2 aromatic carbocycles. The van der Waals surface area contributed by atoms with Crippen molar-refractivity contribution >= 4 is 35.0 Å². The summed E-state index contributed by atoms with van der Waals surface area (Å²) in [6.07, 6.45) is 4.99. The first-order valence-electron chi connectivity index (χ1n) is 14.4. The average Bonchev–Trinajstić information content (AvgIpc) is 3.63. The molecule has 222 valence electrons. The van der Waals surface area contributed by atoms with Gasteiger partial charge in [0.2, 0.25) is 17.7 Å². The summed E-state index contributed by atoms with van der Waals surface area (Å²) >= 11 is 0. The van der Waals surface area contributed by atoms with E-state index in [1.165, 1.54) is 12.0 Å². The molecule has 4 aromatic rings. The molecule has 6 rings (SSSR count). The lowest BCUT2D eigenvalue weighted by molar-refractivity contribution is -0.151. The van der Waals surface area contributed by atoms with Crippen LogP contribution in [0.15, 0.2) is 59.0 Å². The molecule has 4 heterocycles. The summed E-state index contributed by atoms with van der Waals surface area (Å²) in [6.45, 7) is 5.95. The van der Waals surface area contributed by atoms with Crippen molar-refractivity contribution in [3.05, 3.63) is 66.1 Å². The van der Waals surface area contributed by atoms with Gasteiger partial charge in [0.1, 0.15) is 23.9 Å². The maximum atomic E-state index is 14.1. The Morgan fingerprint density at radius 3 is 2.63 bits per heavy atom. The van der Waals surface area contributed by atoms with Crippen LogP contribution in [0.1, 0.15) is 45.1 Å². The van der Waals surface area contributed by atoms with Crippen molar-refractivity contribution in [1.29, 1.82) is 0 Å². The molecule has 1 amide bonds. The largest absolute Gasteiger partial charge is 0.471 e. The first kappa shape index (κ1) is 28.3. The van der Waals surface area contributed by atoms with Crippen molar-refractivity contribution in [3.8, 4) is 17.1 Å². The third-order valence-electron chi connectivity index (χ3n) is 7.68. The summed E-state index contributed by atoms with van der Waals surface area (Å²) in [4.78, 5) is 38.4. The molecule has 11 heteroatoms. The van der Waals surface area contributed by atoms with Gasteiger partial charge in [0.25, 0.3) is 0 Å². The second-order valence-corrected chi connectivity index (χ2v) is 11.9. The van der Waals surface area contributed by atoms with Crippen LogP contribution < -0.4 is 10.1 Å². The minimum atomic E-state index is -0.844. The van der Waals surface area contributed by atoms with E-state index in [9.17, 15) is 9.59 Å². The van der Waals surface area contributed by atoms with Gasteiger partial charge in [-0.15, -0.1) is 5.10 Å². The molecule has 6 bridgehead atoms. The highest BCUT2D eigenvalue weighted by Gasteiger charge is 2.46. The number of ether oxygens (including phenoxy) is 2. The highest BCUT2D eigenvalue weighted by molar-refractivity contribution is 5.90. The van der Waals surface area contributed by atoms with Gasteiger partial charge in [-0.25, -0.2) is 14.8 Å². The van der Waals surface area contributed by atoms with Crippen LogP contribution in [0.5, 0.6) is 5.88 Å². The van der Waals surface area contributed by atoms with Crippen LogP contribution in [0.25, 0.3) is 28.4 Å². The minimum absolute atomic E-state index is 0.149. The summed E-state index contributed by atoms with van der Waals surface area (Å²) in [5.74, 6) is -0.0212. The van der Waals surface area contributed by atoms with Gasteiger partial charge in [-0.3, -0.25) is 4.79 Å². The van der Waals surface area contributed by atoms with Crippen molar-refractivity contribution in [3.63, 3.8) is 0 Å². The Labute approximate surface area is 249 Å². The molecule has 1 unspecified atom stereocenters. The molecule has 0 radical (unpaired) electrons. The van der Waals surface area contributed by atoms with Crippen LogP contribution in [0.3, 0.4) is 0 Å². The SMILES string of the molecule is COC(=O)[C@@H]1CC2CN1C(=O)[C@H](C(C)(C)C)Nc1nnc(o1)CC/C=C/c1cccc(c1)-c1nc3ccccc3nc1O2. The van der Waals surface area contributed by atoms with E-state index in [0.29, 0.717) is 35.8 Å². The Morgan fingerprint density at radius 1 is 1.07 bits per heavy atom. The smallest absolute Gasteiger partial charge is 0.328 e. The fourth-order valence-corrected chi connectivity index (χ4v) is 5.46. The number of aromatic nitrogens is 4. The molecule has 0 spiro atoms. The van der Waals surface area contributed by atoms with E-state index in [-0.39, 0.29) is 24.9 Å². The van der Waals surface area contributed by atoms with Crippen LogP contribution in [0.2, 0.25) is 0 Å². The van der Waals surface area contributed by atoms with Gasteiger partial charge in [0, 0.05) is 18.4 Å². The molecule has 1 N–H and O–H groups in total. The highest BCUT2D eigenvalue weighted by Crippen LogP contribution is 2.34. The summed E-state index contributed by atoms with van der Waals surface area (Å²) < 4.78 is 17.5. The Hall–Kier alpha value is -4.80. The fraction of sp³-hybridized carbons (Fsp3) is 0.375. The van der Waals surface area contributed by atoms with Gasteiger partial charge in [-0.1, -0.05) is 68.4 Å². The van der Waals surface area contributed by atoms with Crippen molar-refractivity contribution in [1.82, 2.24) is 25.1 Å². The Morgan fingerprint density at radius 2 is 1.86 bits per heavy atom. The van der Waals surface area contributed by atoms with E-state index < -0.39 is 29.6 Å².